The Morgan fingerprint density at radius 3 is 2.41 bits per heavy atom. The molecule has 0 radical (unpaired) electrons. The fraction of sp³-hybridized carbons (Fsp3) is 0.286. The lowest BCUT2D eigenvalue weighted by Crippen LogP contribution is -2.44. The minimum atomic E-state index is -3.23. The third-order valence-corrected chi connectivity index (χ3v) is 7.30. The Morgan fingerprint density at radius 2 is 1.78 bits per heavy atom. The maximum Gasteiger partial charge on any atom is 0.325 e. The molecule has 1 aliphatic rings. The van der Waals surface area contributed by atoms with Gasteiger partial charge >= 0.3 is 5.97 Å². The Bertz CT molecular complexity index is 1120. The summed E-state index contributed by atoms with van der Waals surface area (Å²) in [5.41, 5.74) is 0.726. The molecule has 11 heteroatoms. The number of carbonyl (C=O) groups excluding carboxylic acids is 3. The summed E-state index contributed by atoms with van der Waals surface area (Å²) < 4.78 is 28.8. The summed E-state index contributed by atoms with van der Waals surface area (Å²) in [6.07, 6.45) is 0.302. The van der Waals surface area contributed by atoms with Crippen molar-refractivity contribution < 1.29 is 27.5 Å². The van der Waals surface area contributed by atoms with Crippen molar-refractivity contribution in [2.24, 2.45) is 0 Å². The second-order valence-electron chi connectivity index (χ2n) is 7.13. The van der Waals surface area contributed by atoms with E-state index in [1.54, 1.807) is 30.3 Å². The molecule has 2 amide bonds. The number of rotatable bonds is 7. The first kappa shape index (κ1) is 24.0. The number of ether oxygens (including phenoxy) is 1. The number of carbonyl (C=O) groups is 3. The molecule has 170 valence electrons. The molecule has 0 saturated carbocycles. The van der Waals surface area contributed by atoms with Gasteiger partial charge in [-0.1, -0.05) is 41.4 Å². The van der Waals surface area contributed by atoms with E-state index in [9.17, 15) is 22.8 Å². The zero-order chi connectivity index (χ0) is 23.3. The summed E-state index contributed by atoms with van der Waals surface area (Å²) in [5, 5.41) is 2.86. The molecule has 0 aliphatic carbocycles. The molecule has 2 aromatic rings. The number of hydrogen-bond acceptors (Lipinski definition) is 6. The van der Waals surface area contributed by atoms with Crippen LogP contribution in [0.2, 0.25) is 10.0 Å². The molecule has 3 rings (SSSR count). The van der Waals surface area contributed by atoms with Crippen molar-refractivity contribution in [1.29, 1.82) is 0 Å². The highest BCUT2D eigenvalue weighted by molar-refractivity contribution is 7.91. The van der Waals surface area contributed by atoms with Crippen LogP contribution in [-0.2, 0) is 24.2 Å². The molecular weight excluding hydrogens is 479 g/mol. The van der Waals surface area contributed by atoms with Crippen molar-refractivity contribution in [2.45, 2.75) is 12.5 Å². The molecule has 1 atom stereocenters. The van der Waals surface area contributed by atoms with E-state index < -0.39 is 46.8 Å². The number of nitrogens with one attached hydrogen (secondary N) is 1. The third kappa shape index (κ3) is 6.21. The fourth-order valence-electron chi connectivity index (χ4n) is 3.28. The van der Waals surface area contributed by atoms with Gasteiger partial charge in [-0.2, -0.15) is 0 Å². The van der Waals surface area contributed by atoms with Gasteiger partial charge in [0.1, 0.15) is 6.54 Å². The lowest BCUT2D eigenvalue weighted by molar-refractivity contribution is -0.146. The number of esters is 1. The number of benzene rings is 2. The van der Waals surface area contributed by atoms with E-state index in [-0.39, 0.29) is 22.1 Å². The van der Waals surface area contributed by atoms with Gasteiger partial charge in [0.2, 0.25) is 0 Å². The zero-order valence-corrected chi connectivity index (χ0v) is 19.1. The summed E-state index contributed by atoms with van der Waals surface area (Å²) in [6, 6.07) is 12.3. The van der Waals surface area contributed by atoms with E-state index in [2.05, 4.69) is 5.32 Å². The summed E-state index contributed by atoms with van der Waals surface area (Å²) in [4.78, 5) is 38.3. The van der Waals surface area contributed by atoms with Gasteiger partial charge in [0.25, 0.3) is 11.8 Å². The molecule has 2 aromatic carbocycles. The Balaban J connectivity index is 1.57. The molecule has 0 bridgehead atoms. The topological polar surface area (TPSA) is 110 Å². The van der Waals surface area contributed by atoms with Gasteiger partial charge < -0.3 is 15.0 Å². The highest BCUT2D eigenvalue weighted by Crippen LogP contribution is 2.25. The predicted octanol–water partition coefficient (Wildman–Crippen LogP) is 2.49. The number of nitrogens with zero attached hydrogens (tertiary/aromatic N) is 1. The summed E-state index contributed by atoms with van der Waals surface area (Å²) >= 11 is 11.7. The van der Waals surface area contributed by atoms with Gasteiger partial charge in [-0.25, -0.2) is 8.42 Å². The van der Waals surface area contributed by atoms with Crippen molar-refractivity contribution in [3.05, 3.63) is 64.1 Å². The highest BCUT2D eigenvalue weighted by Gasteiger charge is 2.35. The Hall–Kier alpha value is -2.62. The monoisotopic (exact) mass is 498 g/mol. The van der Waals surface area contributed by atoms with Crippen LogP contribution in [0.5, 0.6) is 0 Å². The Morgan fingerprint density at radius 1 is 1.06 bits per heavy atom. The van der Waals surface area contributed by atoms with E-state index in [4.69, 9.17) is 27.9 Å². The summed E-state index contributed by atoms with van der Waals surface area (Å²) in [6.45, 7) is -1.05. The minimum absolute atomic E-state index is 0.00514. The predicted molar refractivity (Wildman–Crippen MR) is 121 cm³/mol. The van der Waals surface area contributed by atoms with Crippen LogP contribution in [0.1, 0.15) is 16.8 Å². The van der Waals surface area contributed by atoms with Crippen LogP contribution in [-0.4, -0.2) is 56.9 Å². The first-order chi connectivity index (χ1) is 15.2. The first-order valence-electron chi connectivity index (χ1n) is 9.63. The molecule has 0 spiro atoms. The molecule has 32 heavy (non-hydrogen) atoms. The van der Waals surface area contributed by atoms with Crippen LogP contribution < -0.4 is 10.2 Å². The first-order valence-corrected chi connectivity index (χ1v) is 12.2. The van der Waals surface area contributed by atoms with Crippen LogP contribution in [0.15, 0.2) is 48.5 Å². The fourth-order valence-corrected chi connectivity index (χ4v) is 5.28. The number of halogens is 2. The van der Waals surface area contributed by atoms with Gasteiger partial charge in [-0.15, -0.1) is 0 Å². The molecular formula is C21H20Cl2N2O6S. The molecule has 0 aromatic heterocycles. The summed E-state index contributed by atoms with van der Waals surface area (Å²) in [5.74, 6) is -2.09. The van der Waals surface area contributed by atoms with Crippen molar-refractivity contribution in [1.82, 2.24) is 5.32 Å². The zero-order valence-electron chi connectivity index (χ0n) is 16.8. The quantitative estimate of drug-likeness (QED) is 0.587. The molecule has 1 heterocycles. The van der Waals surface area contributed by atoms with Crippen LogP contribution in [0.25, 0.3) is 0 Å². The molecule has 1 N–H and O–H groups in total. The van der Waals surface area contributed by atoms with E-state index in [1.807, 2.05) is 0 Å². The smallest absolute Gasteiger partial charge is 0.325 e. The molecule has 8 nitrogen and oxygen atoms in total. The maximum atomic E-state index is 12.8. The van der Waals surface area contributed by atoms with Crippen molar-refractivity contribution in [2.75, 3.05) is 29.6 Å². The number of para-hydroxylation sites is 1. The van der Waals surface area contributed by atoms with E-state index in [1.165, 1.54) is 23.1 Å². The van der Waals surface area contributed by atoms with Crippen molar-refractivity contribution in [3.8, 4) is 0 Å². The highest BCUT2D eigenvalue weighted by atomic mass is 35.5. The average Bonchev–Trinajstić information content (AvgIpc) is 3.12. The number of hydrogen-bond donors (Lipinski definition) is 1. The molecule has 1 fully saturated rings. The Kier molecular flexibility index (Phi) is 7.76. The lowest BCUT2D eigenvalue weighted by atomic mass is 10.2. The van der Waals surface area contributed by atoms with Gasteiger partial charge in [0.15, 0.2) is 16.4 Å². The van der Waals surface area contributed by atoms with Crippen LogP contribution in [0.3, 0.4) is 0 Å². The van der Waals surface area contributed by atoms with Gasteiger partial charge in [-0.05, 0) is 36.8 Å². The SMILES string of the molecule is O=C(CNC(=O)c1ccc(Cl)c(Cl)c1)OCC(=O)N(c1ccccc1)C1CCS(=O)(=O)C1. The number of sulfone groups is 1. The van der Waals surface area contributed by atoms with Gasteiger partial charge in [-0.3, -0.25) is 14.4 Å². The van der Waals surface area contributed by atoms with Gasteiger partial charge in [0.05, 0.1) is 27.6 Å². The second-order valence-corrected chi connectivity index (χ2v) is 10.2. The number of amides is 2. The van der Waals surface area contributed by atoms with Gasteiger partial charge in [0, 0.05) is 11.3 Å². The lowest BCUT2D eigenvalue weighted by Gasteiger charge is -2.28. The Labute approximate surface area is 195 Å². The second kappa shape index (κ2) is 10.3. The van der Waals surface area contributed by atoms with E-state index in [0.29, 0.717) is 17.1 Å². The normalized spacial score (nSPS) is 16.9. The van der Waals surface area contributed by atoms with Crippen LogP contribution in [0, 0.1) is 0 Å². The third-order valence-electron chi connectivity index (χ3n) is 4.81. The summed E-state index contributed by atoms with van der Waals surface area (Å²) in [7, 11) is -3.23. The molecule has 1 unspecified atom stereocenters. The largest absolute Gasteiger partial charge is 0.454 e. The molecule has 1 saturated heterocycles. The molecule has 1 aliphatic heterocycles. The van der Waals surface area contributed by atoms with Crippen LogP contribution >= 0.6 is 23.2 Å². The van der Waals surface area contributed by atoms with E-state index >= 15 is 0 Å². The van der Waals surface area contributed by atoms with Crippen molar-refractivity contribution >= 4 is 56.5 Å². The minimum Gasteiger partial charge on any atom is -0.454 e. The standard InChI is InChI=1S/C21H20Cl2N2O6S/c22-17-7-6-14(10-18(17)23)21(28)24-11-20(27)31-12-19(26)25(15-4-2-1-3-5-15)16-8-9-32(29,30)13-16/h1-7,10,16H,8-9,11-13H2,(H,24,28). The number of anilines is 1. The average molecular weight is 499 g/mol. The van der Waals surface area contributed by atoms with E-state index in [0.717, 1.165) is 0 Å². The maximum absolute atomic E-state index is 12.8. The van der Waals surface area contributed by atoms with Crippen molar-refractivity contribution in [3.63, 3.8) is 0 Å². The van der Waals surface area contributed by atoms with Crippen LogP contribution in [0.4, 0.5) is 5.69 Å².